The Labute approximate surface area is 132 Å². The van der Waals surface area contributed by atoms with E-state index in [0.717, 1.165) is 30.9 Å². The lowest BCUT2D eigenvalue weighted by molar-refractivity contribution is -0.0364. The Morgan fingerprint density at radius 3 is 2.14 bits per heavy atom. The molecule has 1 N–H and O–H groups in total. The molecule has 2 atom stereocenters. The fraction of sp³-hybridized carbons (Fsp3) is 1.00. The van der Waals surface area contributed by atoms with E-state index in [1.54, 1.807) is 0 Å². The highest BCUT2D eigenvalue weighted by Gasteiger charge is 2.36. The summed E-state index contributed by atoms with van der Waals surface area (Å²) in [5.74, 6) is 2.56. The molecule has 0 bridgehead atoms. The molecule has 0 amide bonds. The van der Waals surface area contributed by atoms with Crippen molar-refractivity contribution in [2.24, 2.45) is 17.8 Å². The minimum absolute atomic E-state index is 0.452. The van der Waals surface area contributed by atoms with E-state index in [4.69, 9.17) is 4.74 Å². The lowest BCUT2D eigenvalue weighted by atomic mass is 9.73. The van der Waals surface area contributed by atoms with Crippen molar-refractivity contribution in [1.82, 2.24) is 5.32 Å². The molecule has 2 unspecified atom stereocenters. The number of nitrogens with one attached hydrogen (secondary N) is 1. The first-order valence-corrected chi connectivity index (χ1v) is 9.61. The Balaban J connectivity index is 2.03. The first kappa shape index (κ1) is 17.3. The van der Waals surface area contributed by atoms with Crippen LogP contribution >= 0.6 is 0 Å². The van der Waals surface area contributed by atoms with Crippen LogP contribution in [-0.4, -0.2) is 25.3 Å². The van der Waals surface area contributed by atoms with Gasteiger partial charge in [-0.05, 0) is 56.9 Å². The Morgan fingerprint density at radius 2 is 1.57 bits per heavy atom. The molecule has 2 aliphatic carbocycles. The zero-order chi connectivity index (χ0) is 15.1. The number of hydrogen-bond acceptors (Lipinski definition) is 2. The van der Waals surface area contributed by atoms with Crippen molar-refractivity contribution in [3.8, 4) is 0 Å². The molecule has 0 aromatic heterocycles. The SMILES string of the molecule is CCNC(C1CCC(C)CC1)C(OCC)C1CCCCC1. The summed E-state index contributed by atoms with van der Waals surface area (Å²) in [5.41, 5.74) is 0. The molecule has 2 heteroatoms. The summed E-state index contributed by atoms with van der Waals surface area (Å²) in [6.45, 7) is 8.78. The van der Waals surface area contributed by atoms with Crippen LogP contribution in [0, 0.1) is 17.8 Å². The summed E-state index contributed by atoms with van der Waals surface area (Å²) >= 11 is 0. The van der Waals surface area contributed by atoms with Crippen LogP contribution in [0.3, 0.4) is 0 Å². The van der Waals surface area contributed by atoms with E-state index >= 15 is 0 Å². The van der Waals surface area contributed by atoms with Crippen LogP contribution in [0.4, 0.5) is 0 Å². The predicted molar refractivity (Wildman–Crippen MR) is 90.6 cm³/mol. The summed E-state index contributed by atoms with van der Waals surface area (Å²) in [7, 11) is 0. The van der Waals surface area contributed by atoms with Gasteiger partial charge in [0, 0.05) is 12.6 Å². The van der Waals surface area contributed by atoms with E-state index in [0.29, 0.717) is 12.1 Å². The van der Waals surface area contributed by atoms with Crippen LogP contribution in [0.1, 0.15) is 78.6 Å². The second-order valence-corrected chi connectivity index (χ2v) is 7.42. The Hall–Kier alpha value is -0.0800. The molecular weight excluding hydrogens is 258 g/mol. The van der Waals surface area contributed by atoms with Gasteiger partial charge in [-0.15, -0.1) is 0 Å². The molecule has 124 valence electrons. The minimum atomic E-state index is 0.452. The second-order valence-electron chi connectivity index (χ2n) is 7.42. The van der Waals surface area contributed by atoms with E-state index in [1.807, 2.05) is 0 Å². The summed E-state index contributed by atoms with van der Waals surface area (Å²) in [6, 6.07) is 0.588. The highest BCUT2D eigenvalue weighted by atomic mass is 16.5. The molecule has 0 spiro atoms. The maximum atomic E-state index is 6.31. The van der Waals surface area contributed by atoms with Gasteiger partial charge >= 0.3 is 0 Å². The second kappa shape index (κ2) is 9.15. The quantitative estimate of drug-likeness (QED) is 0.730. The van der Waals surface area contributed by atoms with Crippen LogP contribution in [0.2, 0.25) is 0 Å². The molecule has 2 aliphatic rings. The van der Waals surface area contributed by atoms with Gasteiger partial charge < -0.3 is 10.1 Å². The average molecular weight is 296 g/mol. The predicted octanol–water partition coefficient (Wildman–Crippen LogP) is 4.78. The lowest BCUT2D eigenvalue weighted by Crippen LogP contribution is -2.51. The minimum Gasteiger partial charge on any atom is -0.377 e. The normalized spacial score (nSPS) is 31.0. The molecule has 0 heterocycles. The van der Waals surface area contributed by atoms with Crippen LogP contribution < -0.4 is 5.32 Å². The van der Waals surface area contributed by atoms with Gasteiger partial charge in [-0.1, -0.05) is 46.0 Å². The first-order valence-electron chi connectivity index (χ1n) is 9.61. The summed E-state index contributed by atoms with van der Waals surface area (Å²) in [5, 5.41) is 3.82. The Kier molecular flexibility index (Phi) is 7.53. The van der Waals surface area contributed by atoms with E-state index in [2.05, 4.69) is 26.1 Å². The van der Waals surface area contributed by atoms with Crippen LogP contribution in [-0.2, 0) is 4.74 Å². The smallest absolute Gasteiger partial charge is 0.0758 e. The molecular formula is C19H37NO. The van der Waals surface area contributed by atoms with E-state index in [9.17, 15) is 0 Å². The van der Waals surface area contributed by atoms with Gasteiger partial charge in [0.15, 0.2) is 0 Å². The molecule has 21 heavy (non-hydrogen) atoms. The van der Waals surface area contributed by atoms with Crippen molar-refractivity contribution < 1.29 is 4.74 Å². The largest absolute Gasteiger partial charge is 0.377 e. The highest BCUT2D eigenvalue weighted by molar-refractivity contribution is 4.91. The molecule has 0 aromatic rings. The van der Waals surface area contributed by atoms with Crippen molar-refractivity contribution in [2.75, 3.05) is 13.2 Å². The summed E-state index contributed by atoms with van der Waals surface area (Å²) in [4.78, 5) is 0. The molecule has 2 rings (SSSR count). The zero-order valence-corrected chi connectivity index (χ0v) is 14.6. The Bertz CT molecular complexity index is 267. The van der Waals surface area contributed by atoms with Gasteiger partial charge in [0.2, 0.25) is 0 Å². The first-order chi connectivity index (χ1) is 10.3. The zero-order valence-electron chi connectivity index (χ0n) is 14.6. The molecule has 2 saturated carbocycles. The number of ether oxygens (including phenoxy) is 1. The number of rotatable bonds is 7. The van der Waals surface area contributed by atoms with Gasteiger partial charge in [-0.3, -0.25) is 0 Å². The average Bonchev–Trinajstić information content (AvgIpc) is 2.53. The van der Waals surface area contributed by atoms with Crippen LogP contribution in [0.15, 0.2) is 0 Å². The summed E-state index contributed by atoms with van der Waals surface area (Å²) < 4.78 is 6.31. The van der Waals surface area contributed by atoms with Crippen molar-refractivity contribution in [1.29, 1.82) is 0 Å². The van der Waals surface area contributed by atoms with Crippen LogP contribution in [0.25, 0.3) is 0 Å². The molecule has 0 radical (unpaired) electrons. The van der Waals surface area contributed by atoms with Gasteiger partial charge in [0.25, 0.3) is 0 Å². The molecule has 0 saturated heterocycles. The number of likely N-dealkylation sites (N-methyl/N-ethyl adjacent to an activating group) is 1. The fourth-order valence-electron chi connectivity index (χ4n) is 4.62. The third kappa shape index (κ3) is 4.96. The monoisotopic (exact) mass is 295 g/mol. The van der Waals surface area contributed by atoms with E-state index in [-0.39, 0.29) is 0 Å². The van der Waals surface area contributed by atoms with Gasteiger partial charge in [0.1, 0.15) is 0 Å². The fourth-order valence-corrected chi connectivity index (χ4v) is 4.62. The molecule has 0 aromatic carbocycles. The van der Waals surface area contributed by atoms with Crippen molar-refractivity contribution in [2.45, 2.75) is 90.7 Å². The third-order valence-corrected chi connectivity index (χ3v) is 5.84. The third-order valence-electron chi connectivity index (χ3n) is 5.84. The summed E-state index contributed by atoms with van der Waals surface area (Å²) in [6.07, 6.45) is 13.1. The Morgan fingerprint density at radius 1 is 0.905 bits per heavy atom. The van der Waals surface area contributed by atoms with E-state index < -0.39 is 0 Å². The van der Waals surface area contributed by atoms with Crippen molar-refractivity contribution in [3.05, 3.63) is 0 Å². The maximum absolute atomic E-state index is 6.31. The standard InChI is InChI=1S/C19H37NO/c1-4-20-18(16-13-11-15(3)12-14-16)19(21-5-2)17-9-7-6-8-10-17/h15-20H,4-14H2,1-3H3. The molecule has 0 aliphatic heterocycles. The topological polar surface area (TPSA) is 21.3 Å². The highest BCUT2D eigenvalue weighted by Crippen LogP contribution is 2.36. The van der Waals surface area contributed by atoms with Crippen molar-refractivity contribution in [3.63, 3.8) is 0 Å². The number of hydrogen-bond donors (Lipinski definition) is 1. The maximum Gasteiger partial charge on any atom is 0.0758 e. The lowest BCUT2D eigenvalue weighted by Gasteiger charge is -2.42. The van der Waals surface area contributed by atoms with Gasteiger partial charge in [-0.25, -0.2) is 0 Å². The van der Waals surface area contributed by atoms with Crippen LogP contribution in [0.5, 0.6) is 0 Å². The molecule has 2 fully saturated rings. The van der Waals surface area contributed by atoms with Gasteiger partial charge in [-0.2, -0.15) is 0 Å². The van der Waals surface area contributed by atoms with Gasteiger partial charge in [0.05, 0.1) is 6.10 Å². The van der Waals surface area contributed by atoms with Crippen molar-refractivity contribution >= 4 is 0 Å². The van der Waals surface area contributed by atoms with E-state index in [1.165, 1.54) is 57.8 Å². The molecule has 2 nitrogen and oxygen atoms in total.